The zero-order valence-electron chi connectivity index (χ0n) is 13.4. The van der Waals surface area contributed by atoms with Crippen molar-refractivity contribution in [3.05, 3.63) is 38.0 Å². The monoisotopic (exact) mass is 462 g/mol. The largest absolute Gasteiger partial charge is 3.00 e. The molecule has 17 heteroatoms. The van der Waals surface area contributed by atoms with Gasteiger partial charge in [-0.2, -0.15) is 0 Å². The summed E-state index contributed by atoms with van der Waals surface area (Å²) in [6.07, 6.45) is 3.55. The maximum Gasteiger partial charge on any atom is 3.00 e. The summed E-state index contributed by atoms with van der Waals surface area (Å²) >= 11 is 0. The number of hydrogen-bond donors (Lipinski definition) is 0. The van der Waals surface area contributed by atoms with Crippen LogP contribution in [0.4, 0.5) is 0 Å². The number of phosphoric ester groups is 3. The van der Waals surface area contributed by atoms with Crippen LogP contribution in [0.2, 0.25) is 0 Å². The molecule has 0 bridgehead atoms. The third-order valence-electron chi connectivity index (χ3n) is 1.05. The number of phosphoric acid groups is 3. The van der Waals surface area contributed by atoms with Crippen LogP contribution >= 0.6 is 23.5 Å². The topological polar surface area (TPSA) is 217 Å². The van der Waals surface area contributed by atoms with E-state index in [-0.39, 0.29) is 54.5 Å². The van der Waals surface area contributed by atoms with Crippen molar-refractivity contribution in [1.82, 2.24) is 0 Å². The summed E-state index contributed by atoms with van der Waals surface area (Å²) in [4.78, 5) is 57.6. The van der Waals surface area contributed by atoms with Gasteiger partial charge in [0.15, 0.2) is 0 Å². The fourth-order valence-electron chi connectivity index (χ4n) is 0.432. The molecule has 12 nitrogen and oxygen atoms in total. The summed E-state index contributed by atoms with van der Waals surface area (Å²) in [5.74, 6) is 0. The fourth-order valence-corrected chi connectivity index (χ4v) is 1.30. The molecule has 0 aliphatic rings. The van der Waals surface area contributed by atoms with Gasteiger partial charge in [-0.25, -0.2) is 0 Å². The average molecular weight is 462 g/mol. The Labute approximate surface area is 172 Å². The van der Waals surface area contributed by atoms with Crippen molar-refractivity contribution in [2.24, 2.45) is 0 Å². The van der Waals surface area contributed by atoms with E-state index in [1.54, 1.807) is 0 Å². The molecule has 0 saturated carbocycles. The summed E-state index contributed by atoms with van der Waals surface area (Å²) in [7, 11) is -14.3. The summed E-state index contributed by atoms with van der Waals surface area (Å²) in [6.45, 7) is 8.68. The first kappa shape index (κ1) is 37.4. The Morgan fingerprint density at radius 1 is 0.577 bits per heavy atom. The van der Waals surface area contributed by atoms with Gasteiger partial charge in [0.25, 0.3) is 0 Å². The minimum atomic E-state index is -4.75. The predicted molar refractivity (Wildman–Crippen MR) is 82.8 cm³/mol. The Morgan fingerprint density at radius 2 is 0.731 bits per heavy atom. The van der Waals surface area contributed by atoms with E-state index in [4.69, 9.17) is 0 Å². The van der Waals surface area contributed by atoms with E-state index in [0.717, 1.165) is 0 Å². The molecule has 0 aliphatic carbocycles. The number of hydrogen-bond acceptors (Lipinski definition) is 12. The molecule has 0 aliphatic heterocycles. The van der Waals surface area contributed by atoms with Crippen molar-refractivity contribution in [2.45, 2.75) is 0 Å². The summed E-state index contributed by atoms with van der Waals surface area (Å²) in [5, 5.41) is 0. The Bertz CT molecular complexity index is 425. The van der Waals surface area contributed by atoms with Crippen molar-refractivity contribution in [2.75, 3.05) is 19.8 Å². The van der Waals surface area contributed by atoms with Crippen LogP contribution in [-0.2, 0) is 27.3 Å². The van der Waals surface area contributed by atoms with Crippen molar-refractivity contribution in [1.29, 1.82) is 0 Å². The van der Waals surface area contributed by atoms with Gasteiger partial charge in [-0.05, 0) is 0 Å². The third kappa shape index (κ3) is 56.3. The van der Waals surface area contributed by atoms with Crippen LogP contribution in [0, 0.1) is 0 Å². The first-order valence-electron chi connectivity index (χ1n) is 5.51. The van der Waals surface area contributed by atoms with Crippen LogP contribution < -0.4 is 29.4 Å². The second-order valence-electron chi connectivity index (χ2n) is 3.09. The number of rotatable bonds is 9. The van der Waals surface area contributed by atoms with E-state index in [1.165, 1.54) is 18.2 Å². The molecule has 0 spiro atoms. The second kappa shape index (κ2) is 20.4. The van der Waals surface area contributed by atoms with Crippen LogP contribution in [0.3, 0.4) is 0 Å². The van der Waals surface area contributed by atoms with Crippen LogP contribution in [-0.4, -0.2) is 54.5 Å². The summed E-state index contributed by atoms with van der Waals surface area (Å²) < 4.78 is 39.9. The first-order chi connectivity index (χ1) is 10.7. The van der Waals surface area contributed by atoms with Gasteiger partial charge in [-0.15, -0.1) is 19.7 Å². The molecule has 0 aromatic carbocycles. The maximum atomic E-state index is 9.59. The Hall–Kier alpha value is 0.615. The van der Waals surface area contributed by atoms with Gasteiger partial charge < -0.3 is 56.6 Å². The van der Waals surface area contributed by atoms with Crippen molar-refractivity contribution >= 4 is 58.2 Å². The van der Waals surface area contributed by atoms with E-state index in [9.17, 15) is 43.1 Å². The van der Waals surface area contributed by atoms with Gasteiger partial charge in [0.05, 0.1) is 43.3 Å². The molecule has 0 aromatic heterocycles. The van der Waals surface area contributed by atoms with Crippen molar-refractivity contribution < 1.29 is 56.6 Å². The average Bonchev–Trinajstić information content (AvgIpc) is 2.39. The molecule has 0 N–H and O–H groups in total. The molecule has 0 unspecified atom stereocenters. The standard InChI is InChI=1S/3C3H7O4P.2Al/c3*1-2-3-7-8(4,5)6;;/h3*2H,1,3H2,(H2,4,5,6);;/q;;;2*+3/p-6. The van der Waals surface area contributed by atoms with Gasteiger partial charge in [-0.1, -0.05) is 18.2 Å². The van der Waals surface area contributed by atoms with E-state index < -0.39 is 23.5 Å². The third-order valence-corrected chi connectivity index (χ3v) is 2.45. The van der Waals surface area contributed by atoms with E-state index in [1.807, 2.05) is 0 Å². The summed E-state index contributed by atoms with van der Waals surface area (Å²) in [6, 6.07) is 0. The molecule has 0 saturated heterocycles. The minimum absolute atomic E-state index is 0. The van der Waals surface area contributed by atoms with Gasteiger partial charge in [0.2, 0.25) is 0 Å². The quantitative estimate of drug-likeness (QED) is 0.184. The van der Waals surface area contributed by atoms with Gasteiger partial charge in [0.1, 0.15) is 0 Å². The van der Waals surface area contributed by atoms with Crippen LogP contribution in [0.25, 0.3) is 0 Å². The molecular formula is C9H15Al2O12P3. The van der Waals surface area contributed by atoms with E-state index >= 15 is 0 Å². The van der Waals surface area contributed by atoms with Crippen LogP contribution in [0.1, 0.15) is 0 Å². The molecule has 0 amide bonds. The first-order valence-corrected chi connectivity index (χ1v) is 9.89. The molecule has 0 aromatic rings. The minimum Gasteiger partial charge on any atom is -0.790 e. The predicted octanol–water partition coefficient (Wildman–Crippen LogP) is -3.71. The molecule has 0 rings (SSSR count). The van der Waals surface area contributed by atoms with Crippen LogP contribution in [0.15, 0.2) is 38.0 Å². The zero-order valence-corrected chi connectivity index (χ0v) is 18.4. The molecule has 0 atom stereocenters. The maximum absolute atomic E-state index is 9.59. The molecule has 0 fully saturated rings. The van der Waals surface area contributed by atoms with Crippen molar-refractivity contribution in [3.8, 4) is 0 Å². The van der Waals surface area contributed by atoms with Gasteiger partial charge in [0, 0.05) is 0 Å². The normalized spacial score (nSPS) is 10.4. The SMILES string of the molecule is C=CCOP(=O)([O-])[O-].C=CCOP(=O)([O-])[O-].C=CCOP(=O)([O-])[O-].[Al+3].[Al+3]. The molecule has 144 valence electrons. The Morgan fingerprint density at radius 3 is 0.769 bits per heavy atom. The fraction of sp³-hybridized carbons (Fsp3) is 0.333. The molecule has 0 radical (unpaired) electrons. The summed E-state index contributed by atoms with van der Waals surface area (Å²) in [5.41, 5.74) is 0. The van der Waals surface area contributed by atoms with E-state index in [2.05, 4.69) is 33.3 Å². The smallest absolute Gasteiger partial charge is 0.790 e. The van der Waals surface area contributed by atoms with Gasteiger partial charge >= 0.3 is 34.7 Å². The van der Waals surface area contributed by atoms with Crippen molar-refractivity contribution in [3.63, 3.8) is 0 Å². The Kier molecular flexibility index (Phi) is 29.3. The molecular weight excluding hydrogens is 447 g/mol. The zero-order chi connectivity index (χ0) is 19.9. The molecule has 0 heterocycles. The molecule has 26 heavy (non-hydrogen) atoms. The second-order valence-corrected chi connectivity index (χ2v) is 6.55. The van der Waals surface area contributed by atoms with Crippen LogP contribution in [0.5, 0.6) is 0 Å². The Balaban J connectivity index is -0.0000000817. The van der Waals surface area contributed by atoms with Gasteiger partial charge in [-0.3, -0.25) is 0 Å². The van der Waals surface area contributed by atoms with E-state index in [0.29, 0.717) is 0 Å².